The van der Waals surface area contributed by atoms with Gasteiger partial charge in [0.2, 0.25) is 5.91 Å². The Morgan fingerprint density at radius 1 is 1.25 bits per heavy atom. The first-order valence-corrected chi connectivity index (χ1v) is 9.08. The molecular weight excluding hydrogens is 362 g/mol. The van der Waals surface area contributed by atoms with Crippen LogP contribution in [0.5, 0.6) is 5.75 Å². The fourth-order valence-corrected chi connectivity index (χ4v) is 3.06. The number of rotatable bonds is 6. The van der Waals surface area contributed by atoms with Crippen LogP contribution in [0.15, 0.2) is 47.2 Å². The van der Waals surface area contributed by atoms with Crippen LogP contribution in [-0.4, -0.2) is 34.6 Å². The number of oxazole rings is 1. The first-order chi connectivity index (χ1) is 13.6. The van der Waals surface area contributed by atoms with Crippen molar-refractivity contribution in [2.45, 2.75) is 25.9 Å². The van der Waals surface area contributed by atoms with Gasteiger partial charge >= 0.3 is 12.0 Å². The molecule has 2 aromatic heterocycles. The molecule has 8 heteroatoms. The lowest BCUT2D eigenvalue weighted by Gasteiger charge is -2.34. The summed E-state index contributed by atoms with van der Waals surface area (Å²) in [6.45, 7) is 1.94. The second kappa shape index (κ2) is 7.67. The van der Waals surface area contributed by atoms with E-state index in [2.05, 4.69) is 15.3 Å². The number of hydrogen-bond donors (Lipinski definition) is 1. The van der Waals surface area contributed by atoms with E-state index in [9.17, 15) is 9.59 Å². The number of aromatic nitrogens is 2. The molecule has 0 spiro atoms. The summed E-state index contributed by atoms with van der Waals surface area (Å²) >= 11 is 0. The highest BCUT2D eigenvalue weighted by Gasteiger charge is 2.37. The van der Waals surface area contributed by atoms with Crippen LogP contribution in [0, 0.1) is 5.92 Å². The molecule has 1 aliphatic rings. The van der Waals surface area contributed by atoms with Crippen molar-refractivity contribution in [3.8, 4) is 5.75 Å². The van der Waals surface area contributed by atoms with Gasteiger partial charge in [0.25, 0.3) is 0 Å². The summed E-state index contributed by atoms with van der Waals surface area (Å²) < 4.78 is 16.0. The third kappa shape index (κ3) is 3.66. The molecule has 1 fully saturated rings. The Kier molecular flexibility index (Phi) is 4.92. The summed E-state index contributed by atoms with van der Waals surface area (Å²) in [5.41, 5.74) is 0.833. The number of carbonyl (C=O) groups is 2. The van der Waals surface area contributed by atoms with Crippen molar-refractivity contribution < 1.29 is 23.5 Å². The van der Waals surface area contributed by atoms with Gasteiger partial charge in [-0.2, -0.15) is 4.98 Å². The Morgan fingerprint density at radius 3 is 2.89 bits per heavy atom. The normalized spacial score (nSPS) is 18.3. The Hall–Kier alpha value is -3.42. The highest BCUT2D eigenvalue weighted by atomic mass is 16.5. The number of anilines is 1. The van der Waals surface area contributed by atoms with E-state index in [1.165, 1.54) is 0 Å². The molecule has 0 aliphatic heterocycles. The minimum atomic E-state index is -0.590. The molecule has 0 radical (unpaired) electrons. The summed E-state index contributed by atoms with van der Waals surface area (Å²) in [5, 5.41) is 3.59. The molecule has 1 aromatic carbocycles. The van der Waals surface area contributed by atoms with Crippen molar-refractivity contribution in [1.82, 2.24) is 9.97 Å². The molecule has 4 rings (SSSR count). The Labute approximate surface area is 160 Å². The highest BCUT2D eigenvalue weighted by Crippen LogP contribution is 2.34. The third-order valence-electron chi connectivity index (χ3n) is 4.57. The molecule has 1 aliphatic carbocycles. The van der Waals surface area contributed by atoms with Gasteiger partial charge in [0.05, 0.1) is 6.61 Å². The number of benzene rings is 1. The van der Waals surface area contributed by atoms with Gasteiger partial charge in [0.1, 0.15) is 23.6 Å². The van der Waals surface area contributed by atoms with E-state index in [4.69, 9.17) is 13.9 Å². The number of fused-ring (bicyclic) bond motifs is 1. The van der Waals surface area contributed by atoms with Crippen molar-refractivity contribution in [1.29, 1.82) is 0 Å². The first kappa shape index (κ1) is 18.0. The molecule has 1 amide bonds. The number of nitrogens with one attached hydrogen (secondary N) is 1. The molecule has 0 atom stereocenters. The molecule has 3 aromatic rings. The summed E-state index contributed by atoms with van der Waals surface area (Å²) in [5.74, 6) is -0.291. The molecular formula is C20H19N3O5. The van der Waals surface area contributed by atoms with Gasteiger partial charge in [0, 0.05) is 17.5 Å². The predicted molar refractivity (Wildman–Crippen MR) is 100.0 cm³/mol. The van der Waals surface area contributed by atoms with E-state index in [0.717, 1.165) is 17.2 Å². The smallest absolute Gasteiger partial charge is 0.360 e. The second-order valence-corrected chi connectivity index (χ2v) is 6.49. The lowest BCUT2D eigenvalue weighted by atomic mass is 9.81. The fraction of sp³-hybridized carbons (Fsp3) is 0.300. The van der Waals surface area contributed by atoms with Crippen LogP contribution in [0.2, 0.25) is 0 Å². The Morgan fingerprint density at radius 2 is 2.07 bits per heavy atom. The van der Waals surface area contributed by atoms with Gasteiger partial charge in [-0.3, -0.25) is 15.1 Å². The largest absolute Gasteiger partial charge is 0.488 e. The van der Waals surface area contributed by atoms with Crippen molar-refractivity contribution >= 4 is 28.8 Å². The lowest BCUT2D eigenvalue weighted by molar-refractivity contribution is -0.125. The van der Waals surface area contributed by atoms with Gasteiger partial charge in [-0.1, -0.05) is 18.2 Å². The van der Waals surface area contributed by atoms with Crippen LogP contribution >= 0.6 is 0 Å². The van der Waals surface area contributed by atoms with E-state index in [0.29, 0.717) is 18.6 Å². The summed E-state index contributed by atoms with van der Waals surface area (Å²) in [7, 11) is 0. The first-order valence-electron chi connectivity index (χ1n) is 9.08. The zero-order valence-corrected chi connectivity index (χ0v) is 15.3. The topological polar surface area (TPSA) is 104 Å². The molecule has 28 heavy (non-hydrogen) atoms. The molecule has 0 saturated heterocycles. The maximum Gasteiger partial charge on any atom is 0.360 e. The van der Waals surface area contributed by atoms with Crippen LogP contribution in [0.3, 0.4) is 0 Å². The maximum absolute atomic E-state index is 12.3. The molecule has 1 N–H and O–H groups in total. The quantitative estimate of drug-likeness (QED) is 0.654. The average molecular weight is 381 g/mol. The van der Waals surface area contributed by atoms with Crippen LogP contribution in [0.1, 0.15) is 30.3 Å². The van der Waals surface area contributed by atoms with Crippen LogP contribution < -0.4 is 10.1 Å². The van der Waals surface area contributed by atoms with Gasteiger partial charge < -0.3 is 13.9 Å². The Bertz CT molecular complexity index is 1000. The van der Waals surface area contributed by atoms with Crippen LogP contribution in [-0.2, 0) is 9.53 Å². The molecule has 8 nitrogen and oxygen atoms in total. The molecule has 1 saturated carbocycles. The SMILES string of the molecule is CCOC(=O)c1coc(NC(=O)C2CC(Oc3cccc4cccnc34)C2)n1. The minimum Gasteiger partial charge on any atom is -0.488 e. The van der Waals surface area contributed by atoms with Crippen LogP contribution in [0.4, 0.5) is 6.01 Å². The van der Waals surface area contributed by atoms with Crippen LogP contribution in [0.25, 0.3) is 10.9 Å². The fourth-order valence-electron chi connectivity index (χ4n) is 3.06. The number of amides is 1. The number of esters is 1. The predicted octanol–water partition coefficient (Wildman–Crippen LogP) is 3.20. The number of nitrogens with zero attached hydrogens (tertiary/aromatic N) is 2. The zero-order valence-electron chi connectivity index (χ0n) is 15.3. The lowest BCUT2D eigenvalue weighted by Crippen LogP contribution is -2.40. The van der Waals surface area contributed by atoms with Crippen molar-refractivity contribution in [2.75, 3.05) is 11.9 Å². The molecule has 0 bridgehead atoms. The van der Waals surface area contributed by atoms with E-state index >= 15 is 0 Å². The van der Waals surface area contributed by atoms with Crippen molar-refractivity contribution in [3.63, 3.8) is 0 Å². The zero-order chi connectivity index (χ0) is 19.5. The summed E-state index contributed by atoms with van der Waals surface area (Å²) in [6.07, 6.45) is 4.00. The summed E-state index contributed by atoms with van der Waals surface area (Å²) in [6, 6.07) is 9.63. The van der Waals surface area contributed by atoms with Crippen molar-refractivity contribution in [2.24, 2.45) is 5.92 Å². The monoisotopic (exact) mass is 381 g/mol. The average Bonchev–Trinajstić information content (AvgIpc) is 3.13. The number of ether oxygens (including phenoxy) is 2. The number of hydrogen-bond acceptors (Lipinski definition) is 7. The highest BCUT2D eigenvalue weighted by molar-refractivity contribution is 5.92. The van der Waals surface area contributed by atoms with E-state index in [1.54, 1.807) is 13.1 Å². The van der Waals surface area contributed by atoms with E-state index in [-0.39, 0.29) is 36.2 Å². The maximum atomic E-state index is 12.3. The van der Waals surface area contributed by atoms with E-state index < -0.39 is 5.97 Å². The standard InChI is InChI=1S/C20H19N3O5/c1-2-26-19(25)15-11-27-20(22-15)23-18(24)13-9-14(10-13)28-16-7-3-5-12-6-4-8-21-17(12)16/h3-8,11,13-14H,2,9-10H2,1H3,(H,22,23,24). The summed E-state index contributed by atoms with van der Waals surface area (Å²) in [4.78, 5) is 32.2. The molecule has 144 valence electrons. The molecule has 0 unspecified atom stereocenters. The van der Waals surface area contributed by atoms with Gasteiger partial charge in [-0.15, -0.1) is 0 Å². The van der Waals surface area contributed by atoms with Crippen molar-refractivity contribution in [3.05, 3.63) is 48.5 Å². The van der Waals surface area contributed by atoms with E-state index in [1.807, 2.05) is 30.3 Å². The number of para-hydroxylation sites is 1. The van der Waals surface area contributed by atoms with Gasteiger partial charge in [-0.25, -0.2) is 4.79 Å². The molecule has 2 heterocycles. The van der Waals surface area contributed by atoms with Gasteiger partial charge in [-0.05, 0) is 31.9 Å². The minimum absolute atomic E-state index is 0.0179. The number of carbonyl (C=O) groups excluding carboxylic acids is 2. The second-order valence-electron chi connectivity index (χ2n) is 6.49. The number of pyridine rings is 1. The third-order valence-corrected chi connectivity index (χ3v) is 4.57. The van der Waals surface area contributed by atoms with Gasteiger partial charge in [0.15, 0.2) is 5.69 Å². The Balaban J connectivity index is 1.31.